The number of benzene rings is 3. The monoisotopic (exact) mass is 523 g/mol. The zero-order chi connectivity index (χ0) is 26.6. The molecule has 3 aromatic carbocycles. The molecule has 0 fully saturated rings. The summed E-state index contributed by atoms with van der Waals surface area (Å²) in [5.74, 6) is -1.14. The van der Waals surface area contributed by atoms with E-state index >= 15 is 0 Å². The third kappa shape index (κ3) is 8.66. The van der Waals surface area contributed by atoms with Gasteiger partial charge in [-0.2, -0.15) is 0 Å². The molecule has 37 heavy (non-hydrogen) atoms. The number of hydrogen-bond acceptors (Lipinski definition) is 6. The molecule has 0 aromatic heterocycles. The van der Waals surface area contributed by atoms with Gasteiger partial charge in [-0.25, -0.2) is 0 Å². The van der Waals surface area contributed by atoms with Crippen molar-refractivity contribution >= 4 is 46.7 Å². The summed E-state index contributed by atoms with van der Waals surface area (Å²) < 4.78 is 10.2. The lowest BCUT2D eigenvalue weighted by atomic mass is 10.2. The fourth-order valence-electron chi connectivity index (χ4n) is 3.20. The van der Waals surface area contributed by atoms with Crippen molar-refractivity contribution in [3.05, 3.63) is 88.9 Å². The molecular weight excluding hydrogens is 498 g/mol. The van der Waals surface area contributed by atoms with E-state index in [1.54, 1.807) is 72.8 Å². The minimum atomic E-state index is -0.556. The first-order chi connectivity index (χ1) is 17.9. The number of rotatable bonds is 11. The highest BCUT2D eigenvalue weighted by Gasteiger charge is 2.12. The summed E-state index contributed by atoms with van der Waals surface area (Å²) in [6, 6.07) is 19.8. The van der Waals surface area contributed by atoms with Gasteiger partial charge in [-0.05, 0) is 67.1 Å². The van der Waals surface area contributed by atoms with Gasteiger partial charge in [0.1, 0.15) is 5.75 Å². The van der Waals surface area contributed by atoms with Gasteiger partial charge in [0, 0.05) is 34.8 Å². The Morgan fingerprint density at radius 1 is 0.811 bits per heavy atom. The lowest BCUT2D eigenvalue weighted by Crippen LogP contribution is -2.25. The molecule has 3 rings (SSSR count). The van der Waals surface area contributed by atoms with Crippen molar-refractivity contribution in [2.45, 2.75) is 12.8 Å². The predicted molar refractivity (Wildman–Crippen MR) is 140 cm³/mol. The molecule has 0 saturated carbocycles. The fraction of sp³-hybridized carbons (Fsp3) is 0.185. The van der Waals surface area contributed by atoms with Crippen molar-refractivity contribution in [2.75, 3.05) is 30.9 Å². The Labute approximate surface area is 219 Å². The zero-order valence-corrected chi connectivity index (χ0v) is 20.8. The largest absolute Gasteiger partial charge is 0.495 e. The van der Waals surface area contributed by atoms with Crippen LogP contribution in [0.5, 0.6) is 5.75 Å². The fourth-order valence-corrected chi connectivity index (χ4v) is 3.33. The lowest BCUT2D eigenvalue weighted by Gasteiger charge is -2.10. The number of anilines is 2. The second kappa shape index (κ2) is 13.6. The van der Waals surface area contributed by atoms with E-state index in [0.717, 1.165) is 0 Å². The van der Waals surface area contributed by atoms with Crippen LogP contribution in [0.4, 0.5) is 11.4 Å². The Bertz CT molecular complexity index is 1250. The van der Waals surface area contributed by atoms with Crippen LogP contribution >= 0.6 is 11.6 Å². The standard InChI is InChI=1S/C27H26ClN3O6/c1-36-23-6-3-2-5-22(23)31-27(35)19-10-14-21(15-11-19)30-24(32)17-37-25(33)7-4-16-29-26(34)18-8-12-20(28)13-9-18/h2-3,5-6,8-15H,4,7,16-17H2,1H3,(H,29,34)(H,30,32)(H,31,35). The molecule has 0 aliphatic rings. The van der Waals surface area contributed by atoms with E-state index in [1.807, 2.05) is 0 Å². The Hall–Kier alpha value is -4.37. The van der Waals surface area contributed by atoms with Gasteiger partial charge in [0.05, 0.1) is 12.8 Å². The van der Waals surface area contributed by atoms with Crippen LogP contribution in [-0.2, 0) is 14.3 Å². The van der Waals surface area contributed by atoms with E-state index in [-0.39, 0.29) is 24.8 Å². The van der Waals surface area contributed by atoms with Crippen LogP contribution in [0.3, 0.4) is 0 Å². The van der Waals surface area contributed by atoms with Crippen LogP contribution < -0.4 is 20.7 Å². The van der Waals surface area contributed by atoms with E-state index in [2.05, 4.69) is 16.0 Å². The van der Waals surface area contributed by atoms with Crippen LogP contribution in [-0.4, -0.2) is 44.0 Å². The molecular formula is C27H26ClN3O6. The first-order valence-corrected chi connectivity index (χ1v) is 11.8. The number of halogens is 1. The highest BCUT2D eigenvalue weighted by molar-refractivity contribution is 6.30. The van der Waals surface area contributed by atoms with E-state index in [0.29, 0.717) is 39.7 Å². The molecule has 9 nitrogen and oxygen atoms in total. The average Bonchev–Trinajstić information content (AvgIpc) is 2.91. The molecule has 0 heterocycles. The number of amides is 3. The van der Waals surface area contributed by atoms with Crippen molar-refractivity contribution in [3.8, 4) is 5.75 Å². The topological polar surface area (TPSA) is 123 Å². The molecule has 192 valence electrons. The third-order valence-corrected chi connectivity index (χ3v) is 5.35. The van der Waals surface area contributed by atoms with Crippen LogP contribution in [0.2, 0.25) is 5.02 Å². The van der Waals surface area contributed by atoms with Crippen molar-refractivity contribution in [1.82, 2.24) is 5.32 Å². The summed E-state index contributed by atoms with van der Waals surface area (Å²) in [6.45, 7) is -0.175. The number of para-hydroxylation sites is 2. The van der Waals surface area contributed by atoms with E-state index in [1.165, 1.54) is 7.11 Å². The Kier molecular flexibility index (Phi) is 10.0. The van der Waals surface area contributed by atoms with E-state index in [9.17, 15) is 19.2 Å². The summed E-state index contributed by atoms with van der Waals surface area (Å²) >= 11 is 5.80. The van der Waals surface area contributed by atoms with Crippen molar-refractivity contribution in [3.63, 3.8) is 0 Å². The smallest absolute Gasteiger partial charge is 0.306 e. The molecule has 0 aliphatic carbocycles. The molecule has 0 bridgehead atoms. The first-order valence-electron chi connectivity index (χ1n) is 11.4. The minimum Gasteiger partial charge on any atom is -0.495 e. The SMILES string of the molecule is COc1ccccc1NC(=O)c1ccc(NC(=O)COC(=O)CCCNC(=O)c2ccc(Cl)cc2)cc1. The molecule has 0 saturated heterocycles. The van der Waals surface area contributed by atoms with Gasteiger partial charge in [0.25, 0.3) is 17.7 Å². The Balaban J connectivity index is 1.35. The maximum atomic E-state index is 12.5. The van der Waals surface area contributed by atoms with Crippen molar-refractivity contribution in [1.29, 1.82) is 0 Å². The molecule has 0 spiro atoms. The summed E-state index contributed by atoms with van der Waals surface area (Å²) in [5.41, 5.74) is 1.84. The molecule has 3 aromatic rings. The van der Waals surface area contributed by atoms with Crippen LogP contribution in [0.25, 0.3) is 0 Å². The molecule has 0 radical (unpaired) electrons. The average molecular weight is 524 g/mol. The van der Waals surface area contributed by atoms with Crippen LogP contribution in [0, 0.1) is 0 Å². The summed E-state index contributed by atoms with van der Waals surface area (Å²) in [7, 11) is 1.52. The third-order valence-electron chi connectivity index (χ3n) is 5.10. The Morgan fingerprint density at radius 2 is 1.46 bits per heavy atom. The lowest BCUT2D eigenvalue weighted by molar-refractivity contribution is -0.147. The summed E-state index contributed by atoms with van der Waals surface area (Å²) in [4.78, 5) is 48.5. The van der Waals surface area contributed by atoms with Gasteiger partial charge in [-0.1, -0.05) is 23.7 Å². The molecule has 10 heteroatoms. The van der Waals surface area contributed by atoms with Crippen molar-refractivity contribution in [2.24, 2.45) is 0 Å². The maximum absolute atomic E-state index is 12.5. The van der Waals surface area contributed by atoms with Crippen LogP contribution in [0.15, 0.2) is 72.8 Å². The Morgan fingerprint density at radius 3 is 2.16 bits per heavy atom. The van der Waals surface area contributed by atoms with Gasteiger partial charge in [0.2, 0.25) is 0 Å². The molecule has 0 unspecified atom stereocenters. The highest BCUT2D eigenvalue weighted by Crippen LogP contribution is 2.24. The number of ether oxygens (including phenoxy) is 2. The summed E-state index contributed by atoms with van der Waals surface area (Å²) in [6.07, 6.45) is 0.405. The quantitative estimate of drug-likeness (QED) is 0.254. The van der Waals surface area contributed by atoms with Gasteiger partial charge in [0.15, 0.2) is 6.61 Å². The second-order valence-electron chi connectivity index (χ2n) is 7.81. The van der Waals surface area contributed by atoms with Gasteiger partial charge < -0.3 is 25.4 Å². The van der Waals surface area contributed by atoms with E-state index < -0.39 is 18.5 Å². The highest BCUT2D eigenvalue weighted by atomic mass is 35.5. The second-order valence-corrected chi connectivity index (χ2v) is 8.24. The maximum Gasteiger partial charge on any atom is 0.306 e. The molecule has 3 N–H and O–H groups in total. The number of carbonyl (C=O) groups excluding carboxylic acids is 4. The summed E-state index contributed by atoms with van der Waals surface area (Å²) in [5, 5.41) is 8.61. The van der Waals surface area contributed by atoms with Gasteiger partial charge in [-0.3, -0.25) is 19.2 Å². The normalized spacial score (nSPS) is 10.2. The molecule has 0 aliphatic heterocycles. The number of esters is 1. The number of methoxy groups -OCH3 is 1. The van der Waals surface area contributed by atoms with Gasteiger partial charge >= 0.3 is 5.97 Å². The van der Waals surface area contributed by atoms with Crippen molar-refractivity contribution < 1.29 is 28.7 Å². The minimum absolute atomic E-state index is 0.0458. The predicted octanol–water partition coefficient (Wildman–Crippen LogP) is 4.29. The number of nitrogens with one attached hydrogen (secondary N) is 3. The van der Waals surface area contributed by atoms with E-state index in [4.69, 9.17) is 21.1 Å². The van der Waals surface area contributed by atoms with Gasteiger partial charge in [-0.15, -0.1) is 0 Å². The van der Waals surface area contributed by atoms with Crippen LogP contribution in [0.1, 0.15) is 33.6 Å². The molecule has 3 amide bonds. The number of hydrogen-bond donors (Lipinski definition) is 3. The number of carbonyl (C=O) groups is 4. The first kappa shape index (κ1) is 27.2. The molecule has 0 atom stereocenters. The zero-order valence-electron chi connectivity index (χ0n) is 20.1.